The molecule has 174 valence electrons. The SMILES string of the molecule is Cc1onc(-c2ccc(Cn3cc(C(=O)O)cn3)cc2)c1NC(=O)OC(C)c1ccccc1Cl. The van der Waals surface area contributed by atoms with E-state index in [-0.39, 0.29) is 5.56 Å². The zero-order chi connectivity index (χ0) is 24.2. The molecule has 2 aromatic carbocycles. The molecule has 0 saturated heterocycles. The summed E-state index contributed by atoms with van der Waals surface area (Å²) < 4.78 is 12.3. The van der Waals surface area contributed by atoms with Gasteiger partial charge in [-0.3, -0.25) is 10.00 Å². The van der Waals surface area contributed by atoms with Gasteiger partial charge in [-0.2, -0.15) is 5.10 Å². The van der Waals surface area contributed by atoms with Crippen LogP contribution in [-0.2, 0) is 11.3 Å². The average Bonchev–Trinajstić information content (AvgIpc) is 3.42. The Morgan fingerprint density at radius 3 is 2.62 bits per heavy atom. The van der Waals surface area contributed by atoms with Crippen molar-refractivity contribution in [3.05, 3.63) is 88.4 Å². The van der Waals surface area contributed by atoms with Crippen LogP contribution in [0.4, 0.5) is 10.5 Å². The molecule has 0 fully saturated rings. The molecule has 0 bridgehead atoms. The number of carbonyl (C=O) groups excluding carboxylic acids is 1. The molecule has 9 nitrogen and oxygen atoms in total. The molecular formula is C24H21ClN4O5. The Morgan fingerprint density at radius 1 is 1.21 bits per heavy atom. The Balaban J connectivity index is 1.46. The van der Waals surface area contributed by atoms with E-state index < -0.39 is 18.2 Å². The van der Waals surface area contributed by atoms with E-state index in [0.717, 1.165) is 11.1 Å². The summed E-state index contributed by atoms with van der Waals surface area (Å²) >= 11 is 6.19. The lowest BCUT2D eigenvalue weighted by molar-refractivity contribution is 0.0696. The third kappa shape index (κ3) is 5.10. The normalized spacial score (nSPS) is 11.7. The van der Waals surface area contributed by atoms with Gasteiger partial charge in [-0.05, 0) is 25.5 Å². The molecule has 0 saturated carbocycles. The summed E-state index contributed by atoms with van der Waals surface area (Å²) in [5.74, 6) is -0.595. The second-order valence-corrected chi connectivity index (χ2v) is 7.99. The lowest BCUT2D eigenvalue weighted by Crippen LogP contribution is -2.17. The van der Waals surface area contributed by atoms with Crippen LogP contribution in [0.15, 0.2) is 65.4 Å². The molecule has 1 unspecified atom stereocenters. The molecule has 2 N–H and O–H groups in total. The highest BCUT2D eigenvalue weighted by Crippen LogP contribution is 2.31. The van der Waals surface area contributed by atoms with Crippen molar-refractivity contribution < 1.29 is 24.0 Å². The van der Waals surface area contributed by atoms with E-state index in [2.05, 4.69) is 15.6 Å². The molecule has 0 aliphatic carbocycles. The molecule has 0 radical (unpaired) electrons. The third-order valence-corrected chi connectivity index (χ3v) is 5.51. The van der Waals surface area contributed by atoms with Crippen LogP contribution >= 0.6 is 11.6 Å². The van der Waals surface area contributed by atoms with Crippen LogP contribution in [0.2, 0.25) is 5.02 Å². The number of carbonyl (C=O) groups is 2. The lowest BCUT2D eigenvalue weighted by atomic mass is 10.1. The predicted octanol–water partition coefficient (Wildman–Crippen LogP) is 5.56. The van der Waals surface area contributed by atoms with Gasteiger partial charge in [-0.25, -0.2) is 9.59 Å². The predicted molar refractivity (Wildman–Crippen MR) is 125 cm³/mol. The van der Waals surface area contributed by atoms with Crippen molar-refractivity contribution in [1.29, 1.82) is 0 Å². The molecule has 4 rings (SSSR count). The summed E-state index contributed by atoms with van der Waals surface area (Å²) in [7, 11) is 0. The first-order valence-corrected chi connectivity index (χ1v) is 10.7. The number of rotatable bonds is 7. The maximum Gasteiger partial charge on any atom is 0.412 e. The molecule has 2 aromatic heterocycles. The Labute approximate surface area is 199 Å². The largest absolute Gasteiger partial charge is 0.478 e. The highest BCUT2D eigenvalue weighted by molar-refractivity contribution is 6.31. The first kappa shape index (κ1) is 23.1. The zero-order valence-electron chi connectivity index (χ0n) is 18.4. The molecular weight excluding hydrogens is 460 g/mol. The minimum absolute atomic E-state index is 0.126. The van der Waals surface area contributed by atoms with Crippen LogP contribution in [0.1, 0.15) is 40.3 Å². The fraction of sp³-hybridized carbons (Fsp3) is 0.167. The van der Waals surface area contributed by atoms with Crippen molar-refractivity contribution in [2.45, 2.75) is 26.5 Å². The highest BCUT2D eigenvalue weighted by Gasteiger charge is 2.20. The summed E-state index contributed by atoms with van der Waals surface area (Å²) in [6.45, 7) is 3.83. The van der Waals surface area contributed by atoms with Crippen molar-refractivity contribution in [2.75, 3.05) is 5.32 Å². The molecule has 4 aromatic rings. The first-order chi connectivity index (χ1) is 16.3. The second-order valence-electron chi connectivity index (χ2n) is 7.59. The number of nitrogens with one attached hydrogen (secondary N) is 1. The van der Waals surface area contributed by atoms with Crippen molar-refractivity contribution >= 4 is 29.4 Å². The fourth-order valence-electron chi connectivity index (χ4n) is 3.39. The third-order valence-electron chi connectivity index (χ3n) is 5.17. The number of carboxylic acid groups (broad SMARTS) is 1. The molecule has 0 aliphatic rings. The maximum absolute atomic E-state index is 12.6. The van der Waals surface area contributed by atoms with Gasteiger partial charge in [0.15, 0.2) is 5.76 Å². The second kappa shape index (κ2) is 9.80. The number of halogens is 1. The van der Waals surface area contributed by atoms with Crippen molar-refractivity contribution in [3.8, 4) is 11.3 Å². The Morgan fingerprint density at radius 2 is 1.94 bits per heavy atom. The van der Waals surface area contributed by atoms with Gasteiger partial charge in [0, 0.05) is 22.3 Å². The van der Waals surface area contributed by atoms with Gasteiger partial charge in [-0.1, -0.05) is 59.2 Å². The van der Waals surface area contributed by atoms with E-state index in [9.17, 15) is 9.59 Å². The summed E-state index contributed by atoms with van der Waals surface area (Å²) in [5, 5.41) is 20.4. The van der Waals surface area contributed by atoms with Crippen LogP contribution in [0.5, 0.6) is 0 Å². The number of ether oxygens (including phenoxy) is 1. The monoisotopic (exact) mass is 480 g/mol. The van der Waals surface area contributed by atoms with E-state index in [0.29, 0.717) is 34.3 Å². The number of carboxylic acids is 1. The summed E-state index contributed by atoms with van der Waals surface area (Å²) in [4.78, 5) is 23.6. The Kier molecular flexibility index (Phi) is 6.65. The van der Waals surface area contributed by atoms with E-state index in [1.807, 2.05) is 30.3 Å². The fourth-order valence-corrected chi connectivity index (χ4v) is 3.68. The van der Waals surface area contributed by atoms with Gasteiger partial charge in [0.1, 0.15) is 17.5 Å². The van der Waals surface area contributed by atoms with Crippen LogP contribution in [-0.4, -0.2) is 32.1 Å². The molecule has 34 heavy (non-hydrogen) atoms. The number of nitrogens with zero attached hydrogens (tertiary/aromatic N) is 3. The summed E-state index contributed by atoms with van der Waals surface area (Å²) in [6, 6.07) is 14.5. The van der Waals surface area contributed by atoms with E-state index in [1.165, 1.54) is 12.4 Å². The van der Waals surface area contributed by atoms with E-state index >= 15 is 0 Å². The van der Waals surface area contributed by atoms with Crippen molar-refractivity contribution in [1.82, 2.24) is 14.9 Å². The van der Waals surface area contributed by atoms with Gasteiger partial charge in [-0.15, -0.1) is 0 Å². The van der Waals surface area contributed by atoms with Gasteiger partial charge in [0.2, 0.25) is 0 Å². The minimum Gasteiger partial charge on any atom is -0.478 e. The topological polar surface area (TPSA) is 119 Å². The molecule has 0 aliphatic heterocycles. The van der Waals surface area contributed by atoms with Crippen molar-refractivity contribution in [2.24, 2.45) is 0 Å². The highest BCUT2D eigenvalue weighted by atomic mass is 35.5. The minimum atomic E-state index is -1.03. The first-order valence-electron chi connectivity index (χ1n) is 10.3. The van der Waals surface area contributed by atoms with Crippen LogP contribution < -0.4 is 5.32 Å². The number of hydrogen-bond acceptors (Lipinski definition) is 6. The average molecular weight is 481 g/mol. The molecule has 1 atom stereocenters. The summed E-state index contributed by atoms with van der Waals surface area (Å²) in [5.41, 5.74) is 3.32. The maximum atomic E-state index is 12.6. The van der Waals surface area contributed by atoms with Crippen LogP contribution in [0.25, 0.3) is 11.3 Å². The number of aryl methyl sites for hydroxylation is 1. The van der Waals surface area contributed by atoms with Crippen molar-refractivity contribution in [3.63, 3.8) is 0 Å². The number of benzene rings is 2. The number of anilines is 1. The lowest BCUT2D eigenvalue weighted by Gasteiger charge is -2.15. The number of amides is 1. The van der Waals surface area contributed by atoms with E-state index in [1.54, 1.807) is 36.7 Å². The number of aromatic carboxylic acids is 1. The molecule has 10 heteroatoms. The molecule has 0 spiro atoms. The van der Waals surface area contributed by atoms with Gasteiger partial charge < -0.3 is 14.4 Å². The number of aromatic nitrogens is 3. The smallest absolute Gasteiger partial charge is 0.412 e. The van der Waals surface area contributed by atoms with E-state index in [4.69, 9.17) is 26.0 Å². The Bertz CT molecular complexity index is 1330. The Hall–Kier alpha value is -4.11. The zero-order valence-corrected chi connectivity index (χ0v) is 19.1. The number of hydrogen-bond donors (Lipinski definition) is 2. The van der Waals surface area contributed by atoms with Crippen LogP contribution in [0.3, 0.4) is 0 Å². The van der Waals surface area contributed by atoms with Crippen LogP contribution in [0, 0.1) is 6.92 Å². The van der Waals surface area contributed by atoms with Gasteiger partial charge >= 0.3 is 12.1 Å². The quantitative estimate of drug-likeness (QED) is 0.355. The van der Waals surface area contributed by atoms with Gasteiger partial charge in [0.25, 0.3) is 0 Å². The molecule has 1 amide bonds. The summed E-state index contributed by atoms with van der Waals surface area (Å²) in [6.07, 6.45) is 1.55. The standard InChI is InChI=1S/C24H21ClN4O5/c1-14(19-5-3-4-6-20(19)25)33-24(32)27-21-15(2)34-28-22(21)17-9-7-16(8-10-17)12-29-13-18(11-26-29)23(30)31/h3-11,13-14H,12H2,1-2H3,(H,27,32)(H,30,31). The van der Waals surface area contributed by atoms with Gasteiger partial charge in [0.05, 0.1) is 18.3 Å². The molecule has 2 heterocycles.